The van der Waals surface area contributed by atoms with Crippen molar-refractivity contribution in [1.82, 2.24) is 15.5 Å². The van der Waals surface area contributed by atoms with E-state index in [9.17, 15) is 0 Å². The van der Waals surface area contributed by atoms with Crippen molar-refractivity contribution in [3.05, 3.63) is 17.5 Å². The molecule has 3 heteroatoms. The molecule has 1 aliphatic carbocycles. The van der Waals surface area contributed by atoms with Crippen molar-refractivity contribution in [3.63, 3.8) is 0 Å². The summed E-state index contributed by atoms with van der Waals surface area (Å²) < 4.78 is 0. The first-order valence-corrected chi connectivity index (χ1v) is 6.39. The maximum atomic E-state index is 4.05. The minimum atomic E-state index is 0.695. The zero-order chi connectivity index (χ0) is 11.5. The molecule has 16 heavy (non-hydrogen) atoms. The molecule has 0 saturated heterocycles. The van der Waals surface area contributed by atoms with Gasteiger partial charge in [-0.3, -0.25) is 5.10 Å². The van der Waals surface area contributed by atoms with Gasteiger partial charge in [-0.2, -0.15) is 5.10 Å². The van der Waals surface area contributed by atoms with Crippen molar-refractivity contribution in [3.8, 4) is 0 Å². The van der Waals surface area contributed by atoms with Crippen LogP contribution in [0, 0.1) is 18.8 Å². The Morgan fingerprint density at radius 2 is 2.19 bits per heavy atom. The van der Waals surface area contributed by atoms with Gasteiger partial charge in [-0.05, 0) is 38.0 Å². The number of nitrogens with one attached hydrogen (secondary N) is 2. The molecule has 1 aromatic rings. The predicted molar refractivity (Wildman–Crippen MR) is 66.1 cm³/mol. The number of aromatic amines is 1. The molecule has 1 heterocycles. The summed E-state index contributed by atoms with van der Waals surface area (Å²) in [5.74, 6) is 1.76. The summed E-state index contributed by atoms with van der Waals surface area (Å²) >= 11 is 0. The van der Waals surface area contributed by atoms with Crippen LogP contribution in [-0.4, -0.2) is 16.2 Å². The van der Waals surface area contributed by atoms with E-state index in [0.29, 0.717) is 6.04 Å². The van der Waals surface area contributed by atoms with Crippen LogP contribution in [0.4, 0.5) is 0 Å². The second kappa shape index (κ2) is 5.00. The molecule has 1 aliphatic rings. The van der Waals surface area contributed by atoms with Crippen LogP contribution in [0.5, 0.6) is 0 Å². The molecule has 0 bridgehead atoms. The number of aromatic nitrogens is 2. The van der Waals surface area contributed by atoms with Crippen LogP contribution >= 0.6 is 0 Å². The highest BCUT2D eigenvalue weighted by atomic mass is 15.1. The Morgan fingerprint density at radius 1 is 1.38 bits per heavy atom. The minimum Gasteiger partial charge on any atom is -0.310 e. The van der Waals surface area contributed by atoms with E-state index in [4.69, 9.17) is 0 Å². The second-order valence-corrected chi connectivity index (χ2v) is 5.37. The van der Waals surface area contributed by atoms with E-state index in [1.54, 1.807) is 0 Å². The third-order valence-electron chi connectivity index (χ3n) is 4.11. The summed E-state index contributed by atoms with van der Waals surface area (Å²) in [7, 11) is 0. The normalized spacial score (nSPS) is 30.6. The number of nitrogens with zero attached hydrogens (tertiary/aromatic N) is 1. The molecular weight excluding hydrogens is 198 g/mol. The van der Waals surface area contributed by atoms with E-state index in [1.165, 1.54) is 30.5 Å². The Morgan fingerprint density at radius 3 is 2.81 bits per heavy atom. The Kier molecular flexibility index (Phi) is 3.64. The van der Waals surface area contributed by atoms with Crippen molar-refractivity contribution in [1.29, 1.82) is 0 Å². The predicted octanol–water partition coefficient (Wildman–Crippen LogP) is 2.63. The van der Waals surface area contributed by atoms with Gasteiger partial charge in [-0.25, -0.2) is 0 Å². The third kappa shape index (κ3) is 2.64. The molecule has 0 spiro atoms. The highest BCUT2D eigenvalue weighted by Gasteiger charge is 2.24. The van der Waals surface area contributed by atoms with E-state index in [2.05, 4.69) is 36.3 Å². The molecule has 1 aromatic heterocycles. The van der Waals surface area contributed by atoms with E-state index in [0.717, 1.165) is 18.4 Å². The van der Waals surface area contributed by atoms with Crippen molar-refractivity contribution in [2.24, 2.45) is 11.8 Å². The van der Waals surface area contributed by atoms with Crippen molar-refractivity contribution in [2.45, 2.75) is 52.6 Å². The summed E-state index contributed by atoms with van der Waals surface area (Å²) in [5, 5.41) is 10.7. The molecule has 0 radical (unpaired) electrons. The van der Waals surface area contributed by atoms with Crippen molar-refractivity contribution < 1.29 is 0 Å². The molecule has 3 atom stereocenters. The molecule has 1 saturated carbocycles. The maximum Gasteiger partial charge on any atom is 0.0535 e. The van der Waals surface area contributed by atoms with Gasteiger partial charge in [0.05, 0.1) is 6.20 Å². The second-order valence-electron chi connectivity index (χ2n) is 5.37. The fraction of sp³-hybridized carbons (Fsp3) is 0.769. The third-order valence-corrected chi connectivity index (χ3v) is 4.11. The molecule has 1 fully saturated rings. The standard InChI is InChI=1S/C13H23N3/c1-9-4-5-13(6-10(9)2)14-7-12-8-15-16-11(12)3/h8-10,13-14H,4-7H2,1-3H3,(H,15,16). The summed E-state index contributed by atoms with van der Waals surface area (Å²) in [6.45, 7) is 7.78. The summed E-state index contributed by atoms with van der Waals surface area (Å²) in [5.41, 5.74) is 2.48. The van der Waals surface area contributed by atoms with Gasteiger partial charge in [0.2, 0.25) is 0 Å². The fourth-order valence-electron chi connectivity index (χ4n) is 2.54. The Hall–Kier alpha value is -0.830. The Balaban J connectivity index is 1.81. The van der Waals surface area contributed by atoms with Crippen LogP contribution in [0.15, 0.2) is 6.20 Å². The van der Waals surface area contributed by atoms with E-state index < -0.39 is 0 Å². The van der Waals surface area contributed by atoms with Crippen LogP contribution in [-0.2, 0) is 6.54 Å². The van der Waals surface area contributed by atoms with Gasteiger partial charge in [-0.1, -0.05) is 13.8 Å². The van der Waals surface area contributed by atoms with Gasteiger partial charge in [-0.15, -0.1) is 0 Å². The van der Waals surface area contributed by atoms with Crippen LogP contribution in [0.3, 0.4) is 0 Å². The molecule has 0 aliphatic heterocycles. The van der Waals surface area contributed by atoms with Gasteiger partial charge < -0.3 is 5.32 Å². The van der Waals surface area contributed by atoms with Crippen molar-refractivity contribution >= 4 is 0 Å². The molecular formula is C13H23N3. The van der Waals surface area contributed by atoms with Crippen LogP contribution in [0.25, 0.3) is 0 Å². The molecule has 0 aromatic carbocycles. The van der Waals surface area contributed by atoms with Gasteiger partial charge in [0.25, 0.3) is 0 Å². The van der Waals surface area contributed by atoms with E-state index >= 15 is 0 Å². The van der Waals surface area contributed by atoms with Gasteiger partial charge in [0.1, 0.15) is 0 Å². The lowest BCUT2D eigenvalue weighted by Gasteiger charge is -2.32. The number of hydrogen-bond acceptors (Lipinski definition) is 2. The average Bonchev–Trinajstić information content (AvgIpc) is 2.66. The molecule has 3 nitrogen and oxygen atoms in total. The van der Waals surface area contributed by atoms with E-state index in [1.807, 2.05) is 6.20 Å². The molecule has 2 rings (SSSR count). The van der Waals surface area contributed by atoms with Crippen molar-refractivity contribution in [2.75, 3.05) is 0 Å². The molecule has 90 valence electrons. The Labute approximate surface area is 98.0 Å². The average molecular weight is 221 g/mol. The van der Waals surface area contributed by atoms with Crippen LogP contribution in [0.1, 0.15) is 44.4 Å². The van der Waals surface area contributed by atoms with E-state index in [-0.39, 0.29) is 0 Å². The molecule has 2 N–H and O–H groups in total. The smallest absolute Gasteiger partial charge is 0.0535 e. The largest absolute Gasteiger partial charge is 0.310 e. The lowest BCUT2D eigenvalue weighted by molar-refractivity contribution is 0.225. The maximum absolute atomic E-state index is 4.05. The molecule has 0 amide bonds. The highest BCUT2D eigenvalue weighted by Crippen LogP contribution is 2.29. The topological polar surface area (TPSA) is 40.7 Å². The zero-order valence-corrected chi connectivity index (χ0v) is 10.6. The number of hydrogen-bond donors (Lipinski definition) is 2. The summed E-state index contributed by atoms with van der Waals surface area (Å²) in [6.07, 6.45) is 5.93. The summed E-state index contributed by atoms with van der Waals surface area (Å²) in [4.78, 5) is 0. The fourth-order valence-corrected chi connectivity index (χ4v) is 2.54. The monoisotopic (exact) mass is 221 g/mol. The highest BCUT2D eigenvalue weighted by molar-refractivity contribution is 5.13. The van der Waals surface area contributed by atoms with Crippen LogP contribution in [0.2, 0.25) is 0 Å². The first kappa shape index (κ1) is 11.6. The number of rotatable bonds is 3. The minimum absolute atomic E-state index is 0.695. The van der Waals surface area contributed by atoms with Gasteiger partial charge >= 0.3 is 0 Å². The first-order chi connectivity index (χ1) is 7.66. The zero-order valence-electron chi connectivity index (χ0n) is 10.6. The Bertz CT molecular complexity index is 332. The summed E-state index contributed by atoms with van der Waals surface area (Å²) in [6, 6.07) is 0.695. The first-order valence-electron chi connectivity index (χ1n) is 6.39. The van der Waals surface area contributed by atoms with Gasteiger partial charge in [0, 0.05) is 23.8 Å². The SMILES string of the molecule is Cc1[nH]ncc1CNC1CCC(C)C(C)C1. The number of aryl methyl sites for hydroxylation is 1. The molecule has 3 unspecified atom stereocenters. The lowest BCUT2D eigenvalue weighted by atomic mass is 9.79. The van der Waals surface area contributed by atoms with Crippen LogP contribution < -0.4 is 5.32 Å². The number of H-pyrrole nitrogens is 1. The lowest BCUT2D eigenvalue weighted by Crippen LogP contribution is -2.35. The quantitative estimate of drug-likeness (QED) is 0.823. The van der Waals surface area contributed by atoms with Gasteiger partial charge in [0.15, 0.2) is 0 Å².